The monoisotopic (exact) mass is 485 g/mol. The van der Waals surface area contributed by atoms with E-state index in [1.165, 1.54) is 34.3 Å². The smallest absolute Gasteiger partial charge is 0.243 e. The minimum absolute atomic E-state index is 0.0875. The molecule has 1 N–H and O–H groups in total. The van der Waals surface area contributed by atoms with Gasteiger partial charge in [-0.2, -0.15) is 4.31 Å². The maximum Gasteiger partial charge on any atom is 0.243 e. The van der Waals surface area contributed by atoms with Gasteiger partial charge < -0.3 is 14.6 Å². The summed E-state index contributed by atoms with van der Waals surface area (Å²) in [7, 11) is -3.68. The first kappa shape index (κ1) is 22.5. The SMILES string of the molecule is O=C(CSc1nnc2n1CCCCC2)Nc1cc(S(=O)(=O)N2CCOCC2)ccc1Cl. The lowest BCUT2D eigenvalue weighted by molar-refractivity contribution is -0.113. The predicted molar refractivity (Wildman–Crippen MR) is 118 cm³/mol. The molecule has 1 amide bonds. The number of nitrogens with zero attached hydrogens (tertiary/aromatic N) is 4. The number of benzene rings is 1. The highest BCUT2D eigenvalue weighted by Crippen LogP contribution is 2.28. The fraction of sp³-hybridized carbons (Fsp3) is 0.526. The largest absolute Gasteiger partial charge is 0.379 e. The number of aryl methyl sites for hydroxylation is 1. The summed E-state index contributed by atoms with van der Waals surface area (Å²) < 4.78 is 34.4. The predicted octanol–water partition coefficient (Wildman–Crippen LogP) is 2.41. The number of hydrogen-bond donors (Lipinski definition) is 1. The number of fused-ring (bicyclic) bond motifs is 1. The molecular weight excluding hydrogens is 462 g/mol. The minimum Gasteiger partial charge on any atom is -0.379 e. The van der Waals surface area contributed by atoms with Crippen molar-refractivity contribution in [3.05, 3.63) is 29.0 Å². The van der Waals surface area contributed by atoms with Crippen LogP contribution in [-0.4, -0.2) is 65.5 Å². The second-order valence-corrected chi connectivity index (χ2v) is 10.6. The number of aromatic nitrogens is 3. The number of rotatable bonds is 6. The van der Waals surface area contributed by atoms with Crippen LogP contribution in [0.15, 0.2) is 28.3 Å². The zero-order valence-electron chi connectivity index (χ0n) is 16.9. The van der Waals surface area contributed by atoms with Crippen LogP contribution in [0.3, 0.4) is 0 Å². The quantitative estimate of drug-likeness (QED) is 0.626. The third-order valence-corrected chi connectivity index (χ3v) is 8.42. The molecule has 0 spiro atoms. The Bertz CT molecular complexity index is 1050. The van der Waals surface area contributed by atoms with Crippen molar-refractivity contribution in [2.24, 2.45) is 0 Å². The van der Waals surface area contributed by atoms with E-state index in [2.05, 4.69) is 20.1 Å². The number of morpholine rings is 1. The van der Waals surface area contributed by atoms with Gasteiger partial charge in [0, 0.05) is 26.1 Å². The van der Waals surface area contributed by atoms with E-state index in [9.17, 15) is 13.2 Å². The first-order valence-electron chi connectivity index (χ1n) is 10.2. The number of hydrogen-bond acceptors (Lipinski definition) is 7. The molecule has 1 aromatic heterocycles. The molecule has 0 radical (unpaired) electrons. The zero-order valence-corrected chi connectivity index (χ0v) is 19.3. The topological polar surface area (TPSA) is 106 Å². The number of halogens is 1. The Labute approximate surface area is 190 Å². The summed E-state index contributed by atoms with van der Waals surface area (Å²) in [5.41, 5.74) is 0.265. The van der Waals surface area contributed by atoms with Gasteiger partial charge in [0.15, 0.2) is 5.16 Å². The molecule has 4 rings (SSSR count). The van der Waals surface area contributed by atoms with E-state index in [0.29, 0.717) is 26.3 Å². The Kier molecular flexibility index (Phi) is 7.17. The van der Waals surface area contributed by atoms with E-state index in [1.807, 2.05) is 0 Å². The van der Waals surface area contributed by atoms with Crippen molar-refractivity contribution in [1.29, 1.82) is 0 Å². The Balaban J connectivity index is 1.42. The lowest BCUT2D eigenvalue weighted by atomic mass is 10.2. The van der Waals surface area contributed by atoms with Crippen molar-refractivity contribution in [1.82, 2.24) is 19.1 Å². The van der Waals surface area contributed by atoms with Crippen LogP contribution in [0.5, 0.6) is 0 Å². The van der Waals surface area contributed by atoms with E-state index in [-0.39, 0.29) is 27.3 Å². The summed E-state index contributed by atoms with van der Waals surface area (Å²) in [6, 6.07) is 4.33. The van der Waals surface area contributed by atoms with Crippen LogP contribution >= 0.6 is 23.4 Å². The number of amides is 1. The first-order valence-corrected chi connectivity index (χ1v) is 13.0. The third-order valence-electron chi connectivity index (χ3n) is 5.23. The lowest BCUT2D eigenvalue weighted by Crippen LogP contribution is -2.40. The molecule has 12 heteroatoms. The number of thioether (sulfide) groups is 1. The van der Waals surface area contributed by atoms with Crippen LogP contribution in [-0.2, 0) is 32.5 Å². The van der Waals surface area contributed by atoms with E-state index >= 15 is 0 Å². The van der Waals surface area contributed by atoms with Gasteiger partial charge in [-0.15, -0.1) is 10.2 Å². The van der Waals surface area contributed by atoms with Gasteiger partial charge in [-0.3, -0.25) is 4.79 Å². The molecule has 2 aliphatic heterocycles. The average Bonchev–Trinajstić information content (AvgIpc) is 3.00. The zero-order chi connectivity index (χ0) is 21.8. The van der Waals surface area contributed by atoms with Crippen LogP contribution < -0.4 is 5.32 Å². The molecule has 31 heavy (non-hydrogen) atoms. The molecule has 9 nitrogen and oxygen atoms in total. The Morgan fingerprint density at radius 2 is 1.97 bits per heavy atom. The highest BCUT2D eigenvalue weighted by molar-refractivity contribution is 7.99. The molecule has 2 aliphatic rings. The van der Waals surface area contributed by atoms with Crippen molar-refractivity contribution in [2.45, 2.75) is 42.3 Å². The van der Waals surface area contributed by atoms with Crippen molar-refractivity contribution < 1.29 is 17.9 Å². The van der Waals surface area contributed by atoms with Crippen LogP contribution in [0.25, 0.3) is 0 Å². The molecule has 0 saturated carbocycles. The highest BCUT2D eigenvalue weighted by Gasteiger charge is 2.27. The maximum absolute atomic E-state index is 12.9. The van der Waals surface area contributed by atoms with E-state index in [0.717, 1.165) is 43.2 Å². The van der Waals surface area contributed by atoms with Gasteiger partial charge in [0.25, 0.3) is 0 Å². The number of carbonyl (C=O) groups excluding carboxylic acids is 1. The number of anilines is 1. The summed E-state index contributed by atoms with van der Waals surface area (Å²) in [4.78, 5) is 12.6. The second-order valence-electron chi connectivity index (χ2n) is 7.36. The molecule has 0 aliphatic carbocycles. The molecule has 3 heterocycles. The molecule has 0 atom stereocenters. The van der Waals surface area contributed by atoms with Crippen molar-refractivity contribution in [2.75, 3.05) is 37.4 Å². The highest BCUT2D eigenvalue weighted by atomic mass is 35.5. The lowest BCUT2D eigenvalue weighted by Gasteiger charge is -2.26. The number of carbonyl (C=O) groups is 1. The molecule has 168 valence electrons. The van der Waals surface area contributed by atoms with Gasteiger partial charge in [-0.1, -0.05) is 29.8 Å². The normalized spacial score (nSPS) is 17.7. The fourth-order valence-electron chi connectivity index (χ4n) is 3.58. The van der Waals surface area contributed by atoms with Gasteiger partial charge in [0.2, 0.25) is 15.9 Å². The summed E-state index contributed by atoms with van der Waals surface area (Å²) in [5, 5.41) is 12.2. The number of nitrogens with one attached hydrogen (secondary N) is 1. The maximum atomic E-state index is 12.9. The second kappa shape index (κ2) is 9.86. The summed E-state index contributed by atoms with van der Waals surface area (Å²) in [6.07, 6.45) is 4.24. The van der Waals surface area contributed by atoms with Crippen LogP contribution in [0.1, 0.15) is 25.1 Å². The number of ether oxygens (including phenoxy) is 1. The molecule has 0 bridgehead atoms. The average molecular weight is 486 g/mol. The van der Waals surface area contributed by atoms with E-state index < -0.39 is 10.0 Å². The fourth-order valence-corrected chi connectivity index (χ4v) is 5.96. The van der Waals surface area contributed by atoms with Crippen molar-refractivity contribution in [3.8, 4) is 0 Å². The molecule has 1 saturated heterocycles. The summed E-state index contributed by atoms with van der Waals surface area (Å²) in [6.45, 7) is 2.18. The van der Waals surface area contributed by atoms with Gasteiger partial charge in [-0.25, -0.2) is 8.42 Å². The summed E-state index contributed by atoms with van der Waals surface area (Å²) >= 11 is 7.52. The third kappa shape index (κ3) is 5.23. The van der Waals surface area contributed by atoms with Gasteiger partial charge in [0.05, 0.1) is 34.6 Å². The van der Waals surface area contributed by atoms with E-state index in [1.54, 1.807) is 0 Å². The minimum atomic E-state index is -3.68. The Hall–Kier alpha value is -1.66. The van der Waals surface area contributed by atoms with Crippen LogP contribution in [0.2, 0.25) is 5.02 Å². The van der Waals surface area contributed by atoms with Crippen LogP contribution in [0, 0.1) is 0 Å². The Morgan fingerprint density at radius 1 is 1.16 bits per heavy atom. The van der Waals surface area contributed by atoms with Crippen molar-refractivity contribution >= 4 is 45.0 Å². The molecule has 1 aromatic carbocycles. The van der Waals surface area contributed by atoms with Gasteiger partial charge in [-0.05, 0) is 31.0 Å². The number of sulfonamides is 1. The van der Waals surface area contributed by atoms with Gasteiger partial charge in [0.1, 0.15) is 5.82 Å². The van der Waals surface area contributed by atoms with E-state index in [4.69, 9.17) is 16.3 Å². The summed E-state index contributed by atoms with van der Waals surface area (Å²) in [5.74, 6) is 0.790. The molecule has 0 unspecified atom stereocenters. The standard InChI is InChI=1S/C19H24ClN5O4S2/c20-15-6-5-14(31(27,28)24-8-10-29-11-9-24)12-16(15)21-18(26)13-30-19-23-22-17-4-2-1-3-7-25(17)19/h5-6,12H,1-4,7-11,13H2,(H,21,26). The molecule has 2 aromatic rings. The van der Waals surface area contributed by atoms with Crippen molar-refractivity contribution in [3.63, 3.8) is 0 Å². The van der Waals surface area contributed by atoms with Gasteiger partial charge >= 0.3 is 0 Å². The van der Waals surface area contributed by atoms with Crippen LogP contribution in [0.4, 0.5) is 5.69 Å². The first-order chi connectivity index (χ1) is 14.9. The Morgan fingerprint density at radius 3 is 2.77 bits per heavy atom. The molecule has 1 fully saturated rings. The molecular formula is C19H24ClN5O4S2.